The fourth-order valence-corrected chi connectivity index (χ4v) is 2.76. The Morgan fingerprint density at radius 1 is 1.45 bits per heavy atom. The summed E-state index contributed by atoms with van der Waals surface area (Å²) in [5, 5.41) is 11.9. The molecule has 1 atom stereocenters. The van der Waals surface area contributed by atoms with Crippen LogP contribution >= 0.6 is 11.3 Å². The van der Waals surface area contributed by atoms with Crippen LogP contribution in [0.5, 0.6) is 0 Å². The third kappa shape index (κ3) is 2.80. The molecule has 0 aliphatic heterocycles. The molecule has 0 radical (unpaired) electrons. The van der Waals surface area contributed by atoms with E-state index in [4.69, 9.17) is 0 Å². The second kappa shape index (κ2) is 5.58. The molecule has 1 unspecified atom stereocenters. The zero-order valence-corrected chi connectivity index (χ0v) is 12.2. The molecule has 1 aromatic carbocycles. The quantitative estimate of drug-likeness (QED) is 0.888. The first-order valence-electron chi connectivity index (χ1n) is 6.35. The van der Waals surface area contributed by atoms with E-state index in [1.807, 2.05) is 6.92 Å². The number of carbonyl (C=O) groups is 2. The minimum absolute atomic E-state index is 0.376. The van der Waals surface area contributed by atoms with Crippen LogP contribution in [-0.4, -0.2) is 27.5 Å². The van der Waals surface area contributed by atoms with Gasteiger partial charge in [0.2, 0.25) is 0 Å². The van der Waals surface area contributed by atoms with E-state index in [1.54, 1.807) is 23.7 Å². The molecule has 0 fully saturated rings. The molecular formula is C14H16N2O3S. The Morgan fingerprint density at radius 2 is 2.20 bits per heavy atom. The fraction of sp³-hybridized carbons (Fsp3) is 0.357. The zero-order chi connectivity index (χ0) is 14.8. The van der Waals surface area contributed by atoms with Crippen LogP contribution in [0.15, 0.2) is 23.7 Å². The first kappa shape index (κ1) is 14.5. The van der Waals surface area contributed by atoms with E-state index in [2.05, 4.69) is 10.3 Å². The molecule has 6 heteroatoms. The number of benzene rings is 1. The largest absolute Gasteiger partial charge is 0.480 e. The zero-order valence-electron chi connectivity index (χ0n) is 11.3. The molecule has 2 aromatic rings. The third-order valence-electron chi connectivity index (χ3n) is 3.20. The smallest absolute Gasteiger partial charge is 0.329 e. The SMILES string of the molecule is CCCC(C)(NC(=O)c1ccc2ncsc2c1)C(=O)O. The summed E-state index contributed by atoms with van der Waals surface area (Å²) in [6.07, 6.45) is 1.06. The van der Waals surface area contributed by atoms with Gasteiger partial charge in [0, 0.05) is 5.56 Å². The second-order valence-corrected chi connectivity index (χ2v) is 5.76. The normalized spacial score (nSPS) is 13.9. The summed E-state index contributed by atoms with van der Waals surface area (Å²) in [6, 6.07) is 5.15. The van der Waals surface area contributed by atoms with Crippen molar-refractivity contribution in [2.45, 2.75) is 32.2 Å². The van der Waals surface area contributed by atoms with Crippen LogP contribution in [0.3, 0.4) is 0 Å². The Labute approximate surface area is 120 Å². The summed E-state index contributed by atoms with van der Waals surface area (Å²) in [7, 11) is 0. The minimum atomic E-state index is -1.24. The van der Waals surface area contributed by atoms with Crippen LogP contribution in [0.1, 0.15) is 37.0 Å². The van der Waals surface area contributed by atoms with E-state index in [0.717, 1.165) is 10.2 Å². The highest BCUT2D eigenvalue weighted by molar-refractivity contribution is 7.16. The van der Waals surface area contributed by atoms with Gasteiger partial charge in [0.1, 0.15) is 5.54 Å². The molecular weight excluding hydrogens is 276 g/mol. The van der Waals surface area contributed by atoms with Gasteiger partial charge in [-0.1, -0.05) is 13.3 Å². The number of aromatic nitrogens is 1. The molecule has 0 spiro atoms. The minimum Gasteiger partial charge on any atom is -0.480 e. The van der Waals surface area contributed by atoms with Crippen LogP contribution in [0.2, 0.25) is 0 Å². The molecule has 1 heterocycles. The number of rotatable bonds is 5. The predicted molar refractivity (Wildman–Crippen MR) is 78.0 cm³/mol. The number of thiazole rings is 1. The van der Waals surface area contributed by atoms with Gasteiger partial charge in [-0.3, -0.25) is 4.79 Å². The van der Waals surface area contributed by atoms with Crippen molar-refractivity contribution in [1.82, 2.24) is 10.3 Å². The summed E-state index contributed by atoms with van der Waals surface area (Å²) in [5.41, 5.74) is 1.76. The third-order valence-corrected chi connectivity index (χ3v) is 4.00. The summed E-state index contributed by atoms with van der Waals surface area (Å²) >= 11 is 1.45. The van der Waals surface area contributed by atoms with Crippen molar-refractivity contribution < 1.29 is 14.7 Å². The van der Waals surface area contributed by atoms with Crippen LogP contribution in [0, 0.1) is 0 Å². The van der Waals surface area contributed by atoms with Crippen molar-refractivity contribution in [1.29, 1.82) is 0 Å². The van der Waals surface area contributed by atoms with Crippen LogP contribution in [-0.2, 0) is 4.79 Å². The van der Waals surface area contributed by atoms with Crippen molar-refractivity contribution in [3.8, 4) is 0 Å². The first-order valence-corrected chi connectivity index (χ1v) is 7.23. The van der Waals surface area contributed by atoms with Gasteiger partial charge in [-0.25, -0.2) is 9.78 Å². The highest BCUT2D eigenvalue weighted by Gasteiger charge is 2.34. The molecule has 2 N–H and O–H groups in total. The van der Waals surface area contributed by atoms with E-state index < -0.39 is 11.5 Å². The van der Waals surface area contributed by atoms with Crippen molar-refractivity contribution in [3.05, 3.63) is 29.3 Å². The lowest BCUT2D eigenvalue weighted by Crippen LogP contribution is -2.52. The van der Waals surface area contributed by atoms with Crippen molar-refractivity contribution >= 4 is 33.4 Å². The fourth-order valence-electron chi connectivity index (χ4n) is 2.04. The number of carboxylic acid groups (broad SMARTS) is 1. The number of carboxylic acids is 1. The maximum atomic E-state index is 12.2. The topological polar surface area (TPSA) is 79.3 Å². The Hall–Kier alpha value is -1.95. The Kier molecular flexibility index (Phi) is 4.04. The van der Waals surface area contributed by atoms with Gasteiger partial charge in [0.25, 0.3) is 5.91 Å². The molecule has 20 heavy (non-hydrogen) atoms. The van der Waals surface area contributed by atoms with Crippen molar-refractivity contribution in [2.75, 3.05) is 0 Å². The highest BCUT2D eigenvalue weighted by Crippen LogP contribution is 2.20. The summed E-state index contributed by atoms with van der Waals surface area (Å²) < 4.78 is 0.908. The van der Waals surface area contributed by atoms with E-state index >= 15 is 0 Å². The van der Waals surface area contributed by atoms with Gasteiger partial charge >= 0.3 is 5.97 Å². The average Bonchev–Trinajstić information content (AvgIpc) is 2.85. The Bertz CT molecular complexity index is 653. The number of nitrogens with one attached hydrogen (secondary N) is 1. The number of aliphatic carboxylic acids is 1. The Balaban J connectivity index is 2.23. The molecule has 0 saturated carbocycles. The summed E-state index contributed by atoms with van der Waals surface area (Å²) in [4.78, 5) is 27.7. The summed E-state index contributed by atoms with van der Waals surface area (Å²) in [5.74, 6) is -1.40. The lowest BCUT2D eigenvalue weighted by atomic mass is 9.95. The molecule has 0 bridgehead atoms. The van der Waals surface area contributed by atoms with Crippen molar-refractivity contribution in [3.63, 3.8) is 0 Å². The molecule has 0 aliphatic rings. The Morgan fingerprint density at radius 3 is 2.85 bits per heavy atom. The average molecular weight is 292 g/mol. The standard InChI is InChI=1S/C14H16N2O3S/c1-3-6-14(2,13(18)19)16-12(17)9-4-5-10-11(7-9)20-8-15-10/h4-5,7-8H,3,6H2,1-2H3,(H,16,17)(H,18,19). The number of fused-ring (bicyclic) bond motifs is 1. The molecule has 106 valence electrons. The molecule has 5 nitrogen and oxygen atoms in total. The lowest BCUT2D eigenvalue weighted by Gasteiger charge is -2.25. The molecule has 0 aliphatic carbocycles. The second-order valence-electron chi connectivity index (χ2n) is 4.88. The van der Waals surface area contributed by atoms with E-state index in [0.29, 0.717) is 18.4 Å². The predicted octanol–water partition coefficient (Wildman–Crippen LogP) is 2.67. The van der Waals surface area contributed by atoms with E-state index in [9.17, 15) is 14.7 Å². The monoisotopic (exact) mass is 292 g/mol. The van der Waals surface area contributed by atoms with Crippen molar-refractivity contribution in [2.24, 2.45) is 0 Å². The van der Waals surface area contributed by atoms with Gasteiger partial charge in [0.05, 0.1) is 15.7 Å². The number of hydrogen-bond donors (Lipinski definition) is 2. The van der Waals surface area contributed by atoms with Gasteiger partial charge in [0.15, 0.2) is 0 Å². The van der Waals surface area contributed by atoms with Gasteiger partial charge < -0.3 is 10.4 Å². The van der Waals surface area contributed by atoms with Gasteiger partial charge in [-0.05, 0) is 31.5 Å². The first-order chi connectivity index (χ1) is 9.46. The highest BCUT2D eigenvalue weighted by atomic mass is 32.1. The summed E-state index contributed by atoms with van der Waals surface area (Å²) in [6.45, 7) is 3.42. The van der Waals surface area contributed by atoms with Gasteiger partial charge in [-0.2, -0.15) is 0 Å². The van der Waals surface area contributed by atoms with E-state index in [-0.39, 0.29) is 5.91 Å². The maximum absolute atomic E-state index is 12.2. The number of amides is 1. The van der Waals surface area contributed by atoms with Crippen LogP contribution < -0.4 is 5.32 Å². The van der Waals surface area contributed by atoms with E-state index in [1.165, 1.54) is 18.3 Å². The van der Waals surface area contributed by atoms with Crippen LogP contribution in [0.25, 0.3) is 10.2 Å². The molecule has 0 saturated heterocycles. The maximum Gasteiger partial charge on any atom is 0.329 e. The van der Waals surface area contributed by atoms with Crippen LogP contribution in [0.4, 0.5) is 0 Å². The van der Waals surface area contributed by atoms with Gasteiger partial charge in [-0.15, -0.1) is 11.3 Å². The molecule has 1 aromatic heterocycles. The number of carbonyl (C=O) groups excluding carboxylic acids is 1. The molecule has 1 amide bonds. The number of nitrogens with zero attached hydrogens (tertiary/aromatic N) is 1. The lowest BCUT2D eigenvalue weighted by molar-refractivity contribution is -0.144. The molecule has 2 rings (SSSR count). The number of hydrogen-bond acceptors (Lipinski definition) is 4.